The lowest BCUT2D eigenvalue weighted by Gasteiger charge is -2.26. The second-order valence-corrected chi connectivity index (χ2v) is 5.50. The van der Waals surface area contributed by atoms with Gasteiger partial charge in [0.1, 0.15) is 0 Å². The number of hydrogen-bond donors (Lipinski definition) is 1. The first-order valence-electron chi connectivity index (χ1n) is 7.21. The summed E-state index contributed by atoms with van der Waals surface area (Å²) < 4.78 is 0. The zero-order chi connectivity index (χ0) is 13.9. The molecule has 0 heterocycles. The largest absolute Gasteiger partial charge is 0.349 e. The summed E-state index contributed by atoms with van der Waals surface area (Å²) in [5.41, 5.74) is 4.27. The summed E-state index contributed by atoms with van der Waals surface area (Å²) in [6, 6.07) is 16.6. The minimum absolute atomic E-state index is 0.0532. The third-order valence-electron chi connectivity index (χ3n) is 4.01. The molecule has 1 fully saturated rings. The molecule has 2 aromatic carbocycles. The van der Waals surface area contributed by atoms with E-state index in [-0.39, 0.29) is 5.91 Å². The van der Waals surface area contributed by atoms with Crippen molar-refractivity contribution in [2.45, 2.75) is 32.2 Å². The smallest absolute Gasteiger partial charge is 0.251 e. The maximum Gasteiger partial charge on any atom is 0.251 e. The molecule has 1 N–H and O–H groups in total. The molecule has 2 aromatic rings. The molecule has 20 heavy (non-hydrogen) atoms. The van der Waals surface area contributed by atoms with E-state index in [1.807, 2.05) is 36.4 Å². The van der Waals surface area contributed by atoms with Crippen LogP contribution in [0.4, 0.5) is 0 Å². The minimum atomic E-state index is 0.0532. The van der Waals surface area contributed by atoms with Crippen LogP contribution in [0.2, 0.25) is 0 Å². The predicted molar refractivity (Wildman–Crippen MR) is 81.7 cm³/mol. The average Bonchev–Trinajstić information content (AvgIpc) is 2.43. The molecule has 3 rings (SSSR count). The third-order valence-corrected chi connectivity index (χ3v) is 4.01. The summed E-state index contributed by atoms with van der Waals surface area (Å²) in [6.07, 6.45) is 3.47. The van der Waals surface area contributed by atoms with Crippen molar-refractivity contribution in [1.29, 1.82) is 0 Å². The molecule has 1 amide bonds. The quantitative estimate of drug-likeness (QED) is 0.894. The monoisotopic (exact) mass is 265 g/mol. The average molecular weight is 265 g/mol. The van der Waals surface area contributed by atoms with Crippen LogP contribution in [0.5, 0.6) is 0 Å². The Hall–Kier alpha value is -2.09. The zero-order valence-corrected chi connectivity index (χ0v) is 11.7. The van der Waals surface area contributed by atoms with Crippen LogP contribution < -0.4 is 5.32 Å². The van der Waals surface area contributed by atoms with Crippen LogP contribution >= 0.6 is 0 Å². The molecular weight excluding hydrogens is 246 g/mol. The van der Waals surface area contributed by atoms with E-state index in [0.29, 0.717) is 6.04 Å². The summed E-state index contributed by atoms with van der Waals surface area (Å²) >= 11 is 0. The van der Waals surface area contributed by atoms with E-state index < -0.39 is 0 Å². The van der Waals surface area contributed by atoms with Crippen molar-refractivity contribution in [3.8, 4) is 11.1 Å². The number of carbonyl (C=O) groups excluding carboxylic acids is 1. The standard InChI is InChI=1S/C18H19NO/c1-13-12-15(18(20)19-16-8-5-9-16)10-11-17(13)14-6-3-2-4-7-14/h2-4,6-7,10-12,16H,5,8-9H2,1H3,(H,19,20). The van der Waals surface area contributed by atoms with Gasteiger partial charge < -0.3 is 5.32 Å². The minimum Gasteiger partial charge on any atom is -0.349 e. The molecule has 0 spiro atoms. The highest BCUT2D eigenvalue weighted by Crippen LogP contribution is 2.24. The van der Waals surface area contributed by atoms with E-state index in [1.165, 1.54) is 17.5 Å². The Morgan fingerprint density at radius 1 is 1.10 bits per heavy atom. The molecule has 2 nitrogen and oxygen atoms in total. The van der Waals surface area contributed by atoms with Crippen LogP contribution in [0, 0.1) is 6.92 Å². The molecule has 0 aliphatic heterocycles. The SMILES string of the molecule is Cc1cc(C(=O)NC2CCC2)ccc1-c1ccccc1. The maximum absolute atomic E-state index is 12.1. The molecule has 0 bridgehead atoms. The van der Waals surface area contributed by atoms with Gasteiger partial charge in [0.2, 0.25) is 0 Å². The summed E-state index contributed by atoms with van der Waals surface area (Å²) in [7, 11) is 0. The highest BCUT2D eigenvalue weighted by Gasteiger charge is 2.20. The van der Waals surface area contributed by atoms with E-state index in [4.69, 9.17) is 0 Å². The van der Waals surface area contributed by atoms with Gasteiger partial charge in [-0.25, -0.2) is 0 Å². The van der Waals surface area contributed by atoms with E-state index >= 15 is 0 Å². The van der Waals surface area contributed by atoms with Gasteiger partial charge in [-0.15, -0.1) is 0 Å². The molecule has 102 valence electrons. The van der Waals surface area contributed by atoms with Gasteiger partial charge in [0, 0.05) is 11.6 Å². The number of carbonyl (C=O) groups is 1. The van der Waals surface area contributed by atoms with Crippen molar-refractivity contribution in [3.05, 3.63) is 59.7 Å². The van der Waals surface area contributed by atoms with E-state index in [9.17, 15) is 4.79 Å². The second kappa shape index (κ2) is 5.49. The number of rotatable bonds is 3. The summed E-state index contributed by atoms with van der Waals surface area (Å²) in [5, 5.41) is 3.08. The van der Waals surface area contributed by atoms with Crippen molar-refractivity contribution < 1.29 is 4.79 Å². The molecule has 1 saturated carbocycles. The number of benzene rings is 2. The van der Waals surface area contributed by atoms with Gasteiger partial charge in [-0.05, 0) is 55.0 Å². The van der Waals surface area contributed by atoms with Gasteiger partial charge >= 0.3 is 0 Å². The molecular formula is C18H19NO. The number of nitrogens with one attached hydrogen (secondary N) is 1. The van der Waals surface area contributed by atoms with Crippen molar-refractivity contribution >= 4 is 5.91 Å². The Morgan fingerprint density at radius 3 is 2.45 bits per heavy atom. The molecule has 0 radical (unpaired) electrons. The van der Waals surface area contributed by atoms with Gasteiger partial charge in [0.15, 0.2) is 0 Å². The summed E-state index contributed by atoms with van der Waals surface area (Å²) in [6.45, 7) is 2.06. The van der Waals surface area contributed by atoms with Gasteiger partial charge in [0.25, 0.3) is 5.91 Å². The van der Waals surface area contributed by atoms with Crippen LogP contribution in [0.15, 0.2) is 48.5 Å². The molecule has 0 atom stereocenters. The summed E-state index contributed by atoms with van der Waals surface area (Å²) in [4.78, 5) is 12.1. The fourth-order valence-electron chi connectivity index (χ4n) is 2.57. The predicted octanol–water partition coefficient (Wildman–Crippen LogP) is 3.94. The zero-order valence-electron chi connectivity index (χ0n) is 11.7. The number of aryl methyl sites for hydroxylation is 1. The highest BCUT2D eigenvalue weighted by atomic mass is 16.1. The number of amides is 1. The van der Waals surface area contributed by atoms with Gasteiger partial charge in [-0.1, -0.05) is 36.4 Å². The van der Waals surface area contributed by atoms with Crippen molar-refractivity contribution in [1.82, 2.24) is 5.32 Å². The lowest BCUT2D eigenvalue weighted by Crippen LogP contribution is -2.39. The lowest BCUT2D eigenvalue weighted by molar-refractivity contribution is 0.0917. The Balaban J connectivity index is 1.82. The topological polar surface area (TPSA) is 29.1 Å². The Labute approximate surface area is 119 Å². The molecule has 0 aromatic heterocycles. The summed E-state index contributed by atoms with van der Waals surface area (Å²) in [5.74, 6) is 0.0532. The molecule has 1 aliphatic rings. The molecule has 1 aliphatic carbocycles. The van der Waals surface area contributed by atoms with Crippen molar-refractivity contribution in [3.63, 3.8) is 0 Å². The molecule has 0 unspecified atom stereocenters. The van der Waals surface area contributed by atoms with Gasteiger partial charge in [0.05, 0.1) is 0 Å². The van der Waals surface area contributed by atoms with Crippen LogP contribution in [-0.2, 0) is 0 Å². The van der Waals surface area contributed by atoms with Crippen LogP contribution in [0.25, 0.3) is 11.1 Å². The number of hydrogen-bond acceptors (Lipinski definition) is 1. The molecule has 0 saturated heterocycles. The van der Waals surface area contributed by atoms with Gasteiger partial charge in [-0.3, -0.25) is 4.79 Å². The Morgan fingerprint density at radius 2 is 1.85 bits per heavy atom. The maximum atomic E-state index is 12.1. The molecule has 2 heteroatoms. The van der Waals surface area contributed by atoms with E-state index in [2.05, 4.69) is 24.4 Å². The first-order valence-corrected chi connectivity index (χ1v) is 7.21. The first-order chi connectivity index (χ1) is 9.74. The fraction of sp³-hybridized carbons (Fsp3) is 0.278. The van der Waals surface area contributed by atoms with Crippen molar-refractivity contribution in [2.24, 2.45) is 0 Å². The van der Waals surface area contributed by atoms with E-state index in [1.54, 1.807) is 0 Å². The van der Waals surface area contributed by atoms with E-state index in [0.717, 1.165) is 24.0 Å². The Bertz CT molecular complexity index is 615. The second-order valence-electron chi connectivity index (χ2n) is 5.50. The normalized spacial score (nSPS) is 14.7. The first kappa shape index (κ1) is 12.9. The lowest BCUT2D eigenvalue weighted by atomic mass is 9.92. The Kier molecular flexibility index (Phi) is 3.55. The van der Waals surface area contributed by atoms with Crippen LogP contribution in [-0.4, -0.2) is 11.9 Å². The third kappa shape index (κ3) is 2.60. The van der Waals surface area contributed by atoms with Crippen LogP contribution in [0.3, 0.4) is 0 Å². The highest BCUT2D eigenvalue weighted by molar-refractivity contribution is 5.95. The van der Waals surface area contributed by atoms with Gasteiger partial charge in [-0.2, -0.15) is 0 Å². The van der Waals surface area contributed by atoms with Crippen molar-refractivity contribution in [2.75, 3.05) is 0 Å². The fourth-order valence-corrected chi connectivity index (χ4v) is 2.57. The van der Waals surface area contributed by atoms with Crippen LogP contribution in [0.1, 0.15) is 35.2 Å².